The number of nitrogens with zero attached hydrogens (tertiary/aromatic N) is 2. The average Bonchev–Trinajstić information content (AvgIpc) is 1.80. The highest BCUT2D eigenvalue weighted by atomic mass is 79.9. The van der Waals surface area contributed by atoms with Crippen LogP contribution < -0.4 is 0 Å². The lowest BCUT2D eigenvalue weighted by Crippen LogP contribution is -1.81. The van der Waals surface area contributed by atoms with Gasteiger partial charge in [0.15, 0.2) is 0 Å². The molecule has 0 aliphatic rings. The van der Waals surface area contributed by atoms with Gasteiger partial charge in [0.25, 0.3) is 0 Å². The summed E-state index contributed by atoms with van der Waals surface area (Å²) in [4.78, 5) is 7.34. The molecule has 1 rings (SSSR count). The molecule has 1 aromatic rings. The molecule has 1 aromatic heterocycles. The standard InChI is InChI=1S/C4HBrCl2N2/c5-3-2(6)1-8-4(7)9-3/h1H. The molecular formula is C4HBrCl2N2. The van der Waals surface area contributed by atoms with E-state index in [1.54, 1.807) is 0 Å². The van der Waals surface area contributed by atoms with Gasteiger partial charge in [-0.3, -0.25) is 0 Å². The molecule has 48 valence electrons. The fraction of sp³-hybridized carbons (Fsp3) is 0. The van der Waals surface area contributed by atoms with Crippen LogP contribution in [0.25, 0.3) is 0 Å². The maximum atomic E-state index is 5.55. The van der Waals surface area contributed by atoms with Crippen LogP contribution in [0.15, 0.2) is 10.8 Å². The molecule has 1 heterocycles. The van der Waals surface area contributed by atoms with Crippen molar-refractivity contribution in [1.29, 1.82) is 0 Å². The third-order valence-corrected chi connectivity index (χ3v) is 1.96. The van der Waals surface area contributed by atoms with Gasteiger partial charge in [-0.2, -0.15) is 0 Å². The van der Waals surface area contributed by atoms with E-state index in [1.807, 2.05) is 0 Å². The summed E-state index contributed by atoms with van der Waals surface area (Å²) in [6, 6.07) is 0. The molecule has 0 amide bonds. The molecule has 0 spiro atoms. The van der Waals surface area contributed by atoms with Crippen LogP contribution in [0.2, 0.25) is 10.3 Å². The maximum Gasteiger partial charge on any atom is 0.223 e. The van der Waals surface area contributed by atoms with E-state index < -0.39 is 0 Å². The monoisotopic (exact) mass is 226 g/mol. The third kappa shape index (κ3) is 1.78. The van der Waals surface area contributed by atoms with Gasteiger partial charge in [-0.1, -0.05) is 11.6 Å². The second-order valence-electron chi connectivity index (χ2n) is 1.28. The Hall–Kier alpha value is 0.140. The first-order valence-electron chi connectivity index (χ1n) is 2.03. The summed E-state index contributed by atoms with van der Waals surface area (Å²) in [5.41, 5.74) is 0. The van der Waals surface area contributed by atoms with Crippen molar-refractivity contribution in [2.45, 2.75) is 0 Å². The molecule has 0 radical (unpaired) electrons. The molecule has 0 aliphatic heterocycles. The van der Waals surface area contributed by atoms with Crippen LogP contribution >= 0.6 is 39.1 Å². The van der Waals surface area contributed by atoms with Crippen molar-refractivity contribution < 1.29 is 0 Å². The molecule has 0 saturated carbocycles. The van der Waals surface area contributed by atoms with E-state index in [4.69, 9.17) is 23.2 Å². The molecule has 0 fully saturated rings. The fourth-order valence-electron chi connectivity index (χ4n) is 0.326. The van der Waals surface area contributed by atoms with Crippen LogP contribution in [0.5, 0.6) is 0 Å². The van der Waals surface area contributed by atoms with Crippen molar-refractivity contribution in [3.05, 3.63) is 21.1 Å². The van der Waals surface area contributed by atoms with Crippen LogP contribution in [0.4, 0.5) is 0 Å². The Morgan fingerprint density at radius 1 is 1.44 bits per heavy atom. The summed E-state index contributed by atoms with van der Waals surface area (Å²) in [7, 11) is 0. The van der Waals surface area contributed by atoms with Crippen LogP contribution in [0, 0.1) is 0 Å². The zero-order valence-electron chi connectivity index (χ0n) is 4.11. The van der Waals surface area contributed by atoms with Crippen molar-refractivity contribution in [3.63, 3.8) is 0 Å². The summed E-state index contributed by atoms with van der Waals surface area (Å²) >= 11 is 14.0. The normalized spacial score (nSPS) is 9.67. The zero-order valence-corrected chi connectivity index (χ0v) is 7.20. The SMILES string of the molecule is Clc1ncc(Cl)c(Br)n1. The highest BCUT2D eigenvalue weighted by Crippen LogP contribution is 2.19. The summed E-state index contributed by atoms with van der Waals surface area (Å²) < 4.78 is 0.518. The molecule has 5 heteroatoms. The van der Waals surface area contributed by atoms with Gasteiger partial charge in [0.2, 0.25) is 5.28 Å². The average molecular weight is 228 g/mol. The van der Waals surface area contributed by atoms with Crippen molar-refractivity contribution in [1.82, 2.24) is 9.97 Å². The van der Waals surface area contributed by atoms with Gasteiger partial charge in [-0.05, 0) is 27.5 Å². The molecule has 2 nitrogen and oxygen atoms in total. The van der Waals surface area contributed by atoms with E-state index in [0.717, 1.165) is 0 Å². The highest BCUT2D eigenvalue weighted by Gasteiger charge is 1.97. The lowest BCUT2D eigenvalue weighted by molar-refractivity contribution is 1.14. The first-order chi connectivity index (χ1) is 4.20. The summed E-state index contributed by atoms with van der Waals surface area (Å²) in [5, 5.41) is 0.644. The molecule has 0 atom stereocenters. The summed E-state index contributed by atoms with van der Waals surface area (Å²) in [6.45, 7) is 0. The van der Waals surface area contributed by atoms with E-state index in [2.05, 4.69) is 25.9 Å². The quantitative estimate of drug-likeness (QED) is 0.503. The highest BCUT2D eigenvalue weighted by molar-refractivity contribution is 9.10. The minimum Gasteiger partial charge on any atom is -0.225 e. The second kappa shape index (κ2) is 2.82. The van der Waals surface area contributed by atoms with E-state index in [0.29, 0.717) is 9.63 Å². The van der Waals surface area contributed by atoms with Crippen molar-refractivity contribution in [2.24, 2.45) is 0 Å². The Morgan fingerprint density at radius 2 is 2.11 bits per heavy atom. The number of halogens is 3. The molecular weight excluding hydrogens is 227 g/mol. The van der Waals surface area contributed by atoms with Gasteiger partial charge < -0.3 is 0 Å². The van der Waals surface area contributed by atoms with Gasteiger partial charge in [-0.15, -0.1) is 0 Å². The molecule has 0 aromatic carbocycles. The van der Waals surface area contributed by atoms with Crippen molar-refractivity contribution in [3.8, 4) is 0 Å². The fourth-order valence-corrected chi connectivity index (χ4v) is 0.923. The topological polar surface area (TPSA) is 25.8 Å². The lowest BCUT2D eigenvalue weighted by atomic mass is 10.7. The minimum atomic E-state index is 0.186. The van der Waals surface area contributed by atoms with E-state index >= 15 is 0 Å². The molecule has 0 N–H and O–H groups in total. The Balaban J connectivity index is 3.17. The Labute approximate surface area is 70.3 Å². The predicted molar refractivity (Wildman–Crippen MR) is 39.8 cm³/mol. The summed E-state index contributed by atoms with van der Waals surface area (Å²) in [5.74, 6) is 0. The van der Waals surface area contributed by atoms with Crippen LogP contribution in [0.1, 0.15) is 0 Å². The number of hydrogen-bond donors (Lipinski definition) is 0. The van der Waals surface area contributed by atoms with Crippen LogP contribution in [0.3, 0.4) is 0 Å². The first-order valence-corrected chi connectivity index (χ1v) is 3.58. The van der Waals surface area contributed by atoms with E-state index in [-0.39, 0.29) is 5.28 Å². The minimum absolute atomic E-state index is 0.186. The molecule has 0 aliphatic carbocycles. The largest absolute Gasteiger partial charge is 0.225 e. The predicted octanol–water partition coefficient (Wildman–Crippen LogP) is 2.55. The number of rotatable bonds is 0. The van der Waals surface area contributed by atoms with E-state index in [1.165, 1.54) is 6.20 Å². The molecule has 0 unspecified atom stereocenters. The van der Waals surface area contributed by atoms with E-state index in [9.17, 15) is 0 Å². The van der Waals surface area contributed by atoms with Gasteiger partial charge in [0.1, 0.15) is 4.60 Å². The Bertz CT molecular complexity index is 228. The zero-order chi connectivity index (χ0) is 6.85. The maximum absolute atomic E-state index is 5.55. The first kappa shape index (κ1) is 7.25. The van der Waals surface area contributed by atoms with Gasteiger partial charge in [0, 0.05) is 0 Å². The van der Waals surface area contributed by atoms with Crippen molar-refractivity contribution >= 4 is 39.1 Å². The van der Waals surface area contributed by atoms with Crippen molar-refractivity contribution in [2.75, 3.05) is 0 Å². The number of aromatic nitrogens is 2. The van der Waals surface area contributed by atoms with Gasteiger partial charge >= 0.3 is 0 Å². The number of hydrogen-bond acceptors (Lipinski definition) is 2. The molecule has 0 saturated heterocycles. The summed E-state index contributed by atoms with van der Waals surface area (Å²) in [6.07, 6.45) is 1.43. The Morgan fingerprint density at radius 3 is 2.56 bits per heavy atom. The molecule has 0 bridgehead atoms. The van der Waals surface area contributed by atoms with Gasteiger partial charge in [-0.25, -0.2) is 9.97 Å². The lowest BCUT2D eigenvalue weighted by Gasteiger charge is -1.91. The van der Waals surface area contributed by atoms with Crippen LogP contribution in [-0.2, 0) is 0 Å². The third-order valence-electron chi connectivity index (χ3n) is 0.672. The Kier molecular flexibility index (Phi) is 2.27. The van der Waals surface area contributed by atoms with Gasteiger partial charge in [0.05, 0.1) is 11.2 Å². The van der Waals surface area contributed by atoms with Crippen LogP contribution in [-0.4, -0.2) is 9.97 Å². The smallest absolute Gasteiger partial charge is 0.223 e. The second-order valence-corrected chi connectivity index (χ2v) is 2.77. The molecule has 9 heavy (non-hydrogen) atoms.